The number of hydrogen-bond acceptors (Lipinski definition) is 3. The minimum Gasteiger partial charge on any atom is -0.318 e. The lowest BCUT2D eigenvalue weighted by atomic mass is 10.4. The van der Waals surface area contributed by atoms with E-state index in [-0.39, 0.29) is 0 Å². The number of hydrogen-bond donors (Lipinski definition) is 2. The van der Waals surface area contributed by atoms with Gasteiger partial charge in [-0.3, -0.25) is 0 Å². The topological polar surface area (TPSA) is 27.3 Å². The van der Waals surface area contributed by atoms with Gasteiger partial charge in [0, 0.05) is 26.2 Å². The zero-order valence-electron chi connectivity index (χ0n) is 7.40. The van der Waals surface area contributed by atoms with Gasteiger partial charge < -0.3 is 15.5 Å². The molecule has 0 aromatic rings. The Bertz CT molecular complexity index is 87.3. The first-order chi connectivity index (χ1) is 5.43. The van der Waals surface area contributed by atoms with E-state index in [9.17, 15) is 0 Å². The highest BCUT2D eigenvalue weighted by Crippen LogP contribution is 1.93. The van der Waals surface area contributed by atoms with Crippen molar-refractivity contribution in [2.75, 3.05) is 46.3 Å². The van der Waals surface area contributed by atoms with Crippen LogP contribution in [0.15, 0.2) is 0 Å². The lowest BCUT2D eigenvalue weighted by Gasteiger charge is -2.18. The Morgan fingerprint density at radius 3 is 3.09 bits per heavy atom. The van der Waals surface area contributed by atoms with Crippen LogP contribution in [-0.2, 0) is 0 Å². The molecule has 0 aliphatic carbocycles. The predicted octanol–water partition coefficient (Wildman–Crippen LogP) is -0.499. The standard InChI is InChI=1S/C8H19N3/c1-9-4-7-11-6-2-3-10-5-8-11/h9-10H,2-8H2,1H3. The number of nitrogens with zero attached hydrogens (tertiary/aromatic N) is 1. The van der Waals surface area contributed by atoms with Crippen molar-refractivity contribution in [3.05, 3.63) is 0 Å². The van der Waals surface area contributed by atoms with Crippen LogP contribution >= 0.6 is 0 Å². The van der Waals surface area contributed by atoms with Gasteiger partial charge in [-0.2, -0.15) is 0 Å². The molecule has 0 unspecified atom stereocenters. The minimum atomic E-state index is 1.11. The predicted molar refractivity (Wildman–Crippen MR) is 47.9 cm³/mol. The van der Waals surface area contributed by atoms with Gasteiger partial charge in [0.05, 0.1) is 0 Å². The van der Waals surface area contributed by atoms with E-state index < -0.39 is 0 Å². The Morgan fingerprint density at radius 1 is 1.36 bits per heavy atom. The Kier molecular flexibility index (Phi) is 4.50. The average Bonchev–Trinajstić information content (AvgIpc) is 2.28. The van der Waals surface area contributed by atoms with Crippen LogP contribution in [0.1, 0.15) is 6.42 Å². The molecule has 1 aliphatic rings. The molecule has 0 radical (unpaired) electrons. The fourth-order valence-corrected chi connectivity index (χ4v) is 1.40. The molecule has 0 amide bonds. The lowest BCUT2D eigenvalue weighted by molar-refractivity contribution is 0.294. The lowest BCUT2D eigenvalue weighted by Crippen LogP contribution is -2.33. The average molecular weight is 157 g/mol. The number of nitrogens with one attached hydrogen (secondary N) is 2. The molecule has 0 aromatic carbocycles. The van der Waals surface area contributed by atoms with Gasteiger partial charge >= 0.3 is 0 Å². The van der Waals surface area contributed by atoms with Crippen LogP contribution in [0.25, 0.3) is 0 Å². The molecule has 3 heteroatoms. The SMILES string of the molecule is CNCCN1CCCNCC1. The second-order valence-corrected chi connectivity index (χ2v) is 3.05. The number of likely N-dealkylation sites (N-methyl/N-ethyl adjacent to an activating group) is 1. The second-order valence-electron chi connectivity index (χ2n) is 3.05. The molecule has 0 bridgehead atoms. The van der Waals surface area contributed by atoms with Crippen LogP contribution in [0.2, 0.25) is 0 Å². The van der Waals surface area contributed by atoms with E-state index in [0.29, 0.717) is 0 Å². The van der Waals surface area contributed by atoms with E-state index in [4.69, 9.17) is 0 Å². The van der Waals surface area contributed by atoms with Gasteiger partial charge in [-0.1, -0.05) is 0 Å². The van der Waals surface area contributed by atoms with Crippen molar-refractivity contribution in [3.63, 3.8) is 0 Å². The summed E-state index contributed by atoms with van der Waals surface area (Å²) in [6.07, 6.45) is 1.30. The van der Waals surface area contributed by atoms with E-state index in [2.05, 4.69) is 15.5 Å². The Balaban J connectivity index is 2.09. The van der Waals surface area contributed by atoms with Crippen LogP contribution in [0.4, 0.5) is 0 Å². The highest BCUT2D eigenvalue weighted by atomic mass is 15.2. The molecule has 2 N–H and O–H groups in total. The Hall–Kier alpha value is -0.120. The third kappa shape index (κ3) is 3.70. The van der Waals surface area contributed by atoms with E-state index >= 15 is 0 Å². The van der Waals surface area contributed by atoms with Crippen LogP contribution in [-0.4, -0.2) is 51.2 Å². The highest BCUT2D eigenvalue weighted by Gasteiger charge is 2.06. The van der Waals surface area contributed by atoms with Gasteiger partial charge in [0.15, 0.2) is 0 Å². The first-order valence-electron chi connectivity index (χ1n) is 4.51. The summed E-state index contributed by atoms with van der Waals surface area (Å²) in [6, 6.07) is 0. The van der Waals surface area contributed by atoms with Crippen molar-refractivity contribution in [2.45, 2.75) is 6.42 Å². The molecule has 0 atom stereocenters. The smallest absolute Gasteiger partial charge is 0.0107 e. The molecule has 3 nitrogen and oxygen atoms in total. The normalized spacial score (nSPS) is 21.5. The van der Waals surface area contributed by atoms with Crippen molar-refractivity contribution >= 4 is 0 Å². The summed E-state index contributed by atoms with van der Waals surface area (Å²) >= 11 is 0. The summed E-state index contributed by atoms with van der Waals surface area (Å²) in [5, 5.41) is 6.56. The fraction of sp³-hybridized carbons (Fsp3) is 1.00. The summed E-state index contributed by atoms with van der Waals surface area (Å²) in [7, 11) is 2.01. The Morgan fingerprint density at radius 2 is 2.27 bits per heavy atom. The molecule has 1 fully saturated rings. The zero-order chi connectivity index (χ0) is 7.94. The molecule has 1 heterocycles. The maximum absolute atomic E-state index is 3.39. The van der Waals surface area contributed by atoms with Crippen LogP contribution in [0.5, 0.6) is 0 Å². The third-order valence-electron chi connectivity index (χ3n) is 2.11. The molecular formula is C8H19N3. The van der Waals surface area contributed by atoms with Gasteiger partial charge in [-0.25, -0.2) is 0 Å². The van der Waals surface area contributed by atoms with E-state index in [1.165, 1.54) is 32.6 Å². The van der Waals surface area contributed by atoms with Gasteiger partial charge in [-0.05, 0) is 26.6 Å². The Labute approximate surface area is 69.1 Å². The van der Waals surface area contributed by atoms with Gasteiger partial charge in [0.1, 0.15) is 0 Å². The maximum atomic E-state index is 3.39. The molecule has 0 spiro atoms. The van der Waals surface area contributed by atoms with Crippen molar-refractivity contribution in [1.82, 2.24) is 15.5 Å². The molecular weight excluding hydrogens is 138 g/mol. The van der Waals surface area contributed by atoms with Crippen LogP contribution < -0.4 is 10.6 Å². The quantitative estimate of drug-likeness (QED) is 0.578. The monoisotopic (exact) mass is 157 g/mol. The summed E-state index contributed by atoms with van der Waals surface area (Å²) in [5.74, 6) is 0. The molecule has 0 saturated carbocycles. The molecule has 11 heavy (non-hydrogen) atoms. The molecule has 1 aliphatic heterocycles. The van der Waals surface area contributed by atoms with Gasteiger partial charge in [-0.15, -0.1) is 0 Å². The van der Waals surface area contributed by atoms with Crippen molar-refractivity contribution < 1.29 is 0 Å². The maximum Gasteiger partial charge on any atom is 0.0107 e. The summed E-state index contributed by atoms with van der Waals surface area (Å²) in [4.78, 5) is 2.51. The first kappa shape index (κ1) is 8.97. The van der Waals surface area contributed by atoms with Crippen LogP contribution in [0, 0.1) is 0 Å². The van der Waals surface area contributed by atoms with Crippen molar-refractivity contribution in [3.8, 4) is 0 Å². The second kappa shape index (κ2) is 5.52. The summed E-state index contributed by atoms with van der Waals surface area (Å²) in [6.45, 7) is 7.12. The molecule has 0 aromatic heterocycles. The van der Waals surface area contributed by atoms with E-state index in [1.54, 1.807) is 0 Å². The van der Waals surface area contributed by atoms with E-state index in [0.717, 1.165) is 13.1 Å². The highest BCUT2D eigenvalue weighted by molar-refractivity contribution is 4.65. The molecule has 66 valence electrons. The van der Waals surface area contributed by atoms with Gasteiger partial charge in [0.25, 0.3) is 0 Å². The van der Waals surface area contributed by atoms with Crippen LogP contribution in [0.3, 0.4) is 0 Å². The van der Waals surface area contributed by atoms with Crippen molar-refractivity contribution in [1.29, 1.82) is 0 Å². The largest absolute Gasteiger partial charge is 0.318 e. The molecule has 1 saturated heterocycles. The van der Waals surface area contributed by atoms with E-state index in [1.807, 2.05) is 7.05 Å². The summed E-state index contributed by atoms with van der Waals surface area (Å²) in [5.41, 5.74) is 0. The minimum absolute atomic E-state index is 1.11. The number of rotatable bonds is 3. The fourth-order valence-electron chi connectivity index (χ4n) is 1.40. The zero-order valence-corrected chi connectivity index (χ0v) is 7.40. The summed E-state index contributed by atoms with van der Waals surface area (Å²) < 4.78 is 0. The third-order valence-corrected chi connectivity index (χ3v) is 2.11. The van der Waals surface area contributed by atoms with Gasteiger partial charge in [0.2, 0.25) is 0 Å². The molecule has 1 rings (SSSR count). The van der Waals surface area contributed by atoms with Crippen molar-refractivity contribution in [2.24, 2.45) is 0 Å². The first-order valence-corrected chi connectivity index (χ1v) is 4.51.